The molecular formula is C34H40FN7O2. The van der Waals surface area contributed by atoms with Gasteiger partial charge in [0.15, 0.2) is 5.83 Å². The molecular weight excluding hydrogens is 557 g/mol. The number of aryl methyl sites for hydroxylation is 1. The Hall–Kier alpha value is -4.23. The molecule has 0 bridgehead atoms. The van der Waals surface area contributed by atoms with E-state index in [2.05, 4.69) is 84.8 Å². The second-order valence-corrected chi connectivity index (χ2v) is 12.8. The van der Waals surface area contributed by atoms with Crippen molar-refractivity contribution in [1.29, 1.82) is 5.26 Å². The highest BCUT2D eigenvalue weighted by atomic mass is 19.1. The number of carbonyl (C=O) groups excluding carboxylic acids is 1. The van der Waals surface area contributed by atoms with Crippen LogP contribution in [-0.4, -0.2) is 85.1 Å². The molecule has 0 spiro atoms. The number of amides is 1. The van der Waals surface area contributed by atoms with E-state index in [0.717, 1.165) is 49.4 Å². The summed E-state index contributed by atoms with van der Waals surface area (Å²) in [6.07, 6.45) is 3.06. The lowest BCUT2D eigenvalue weighted by Crippen LogP contribution is -2.55. The number of carbonyl (C=O) groups is 1. The highest BCUT2D eigenvalue weighted by Crippen LogP contribution is 2.46. The molecule has 1 aliphatic carbocycles. The summed E-state index contributed by atoms with van der Waals surface area (Å²) in [7, 11) is 4.16. The zero-order valence-corrected chi connectivity index (χ0v) is 25.9. The van der Waals surface area contributed by atoms with Crippen molar-refractivity contribution < 1.29 is 13.9 Å². The molecule has 1 saturated carbocycles. The van der Waals surface area contributed by atoms with E-state index in [0.29, 0.717) is 32.3 Å². The highest BCUT2D eigenvalue weighted by molar-refractivity contribution is 5.97. The molecule has 3 heterocycles. The van der Waals surface area contributed by atoms with Crippen molar-refractivity contribution in [2.24, 2.45) is 5.41 Å². The minimum atomic E-state index is -1.01. The summed E-state index contributed by atoms with van der Waals surface area (Å²) in [6, 6.07) is 14.9. The van der Waals surface area contributed by atoms with Crippen molar-refractivity contribution in [2.75, 3.05) is 63.2 Å². The molecule has 1 aromatic heterocycles. The molecule has 0 unspecified atom stereocenters. The molecule has 1 atom stereocenters. The van der Waals surface area contributed by atoms with E-state index in [1.807, 2.05) is 0 Å². The molecule has 3 aromatic rings. The van der Waals surface area contributed by atoms with Gasteiger partial charge in [-0.25, -0.2) is 4.39 Å². The van der Waals surface area contributed by atoms with Crippen LogP contribution in [-0.2, 0) is 17.8 Å². The molecule has 1 saturated heterocycles. The summed E-state index contributed by atoms with van der Waals surface area (Å²) < 4.78 is 20.2. The van der Waals surface area contributed by atoms with Crippen LogP contribution in [0.15, 0.2) is 48.8 Å². The molecule has 0 N–H and O–H groups in total. The zero-order chi connectivity index (χ0) is 31.0. The predicted octanol–water partition coefficient (Wildman–Crippen LogP) is 4.64. The van der Waals surface area contributed by atoms with Gasteiger partial charge in [-0.2, -0.15) is 15.2 Å². The first kappa shape index (κ1) is 29.8. The lowest BCUT2D eigenvalue weighted by Gasteiger charge is -2.42. The van der Waals surface area contributed by atoms with Crippen molar-refractivity contribution in [1.82, 2.24) is 19.8 Å². The lowest BCUT2D eigenvalue weighted by molar-refractivity contribution is -0.131. The van der Waals surface area contributed by atoms with Gasteiger partial charge in [0.1, 0.15) is 5.82 Å². The molecule has 0 radical (unpaired) electrons. The minimum absolute atomic E-state index is 0.0907. The van der Waals surface area contributed by atoms with Crippen LogP contribution in [0.5, 0.6) is 6.01 Å². The second-order valence-electron chi connectivity index (χ2n) is 12.8. The van der Waals surface area contributed by atoms with Crippen LogP contribution in [0.2, 0.25) is 0 Å². The molecule has 3 aliphatic rings. The Morgan fingerprint density at radius 3 is 2.64 bits per heavy atom. The number of fused-ring (bicyclic) bond motifs is 2. The van der Waals surface area contributed by atoms with Gasteiger partial charge in [-0.05, 0) is 57.3 Å². The maximum atomic E-state index is 13.8. The zero-order valence-electron chi connectivity index (χ0n) is 25.9. The Morgan fingerprint density at radius 2 is 1.93 bits per heavy atom. The summed E-state index contributed by atoms with van der Waals surface area (Å²) in [5.41, 5.74) is 4.52. The highest BCUT2D eigenvalue weighted by Gasteiger charge is 2.44. The third kappa shape index (κ3) is 5.93. The Morgan fingerprint density at radius 1 is 1.16 bits per heavy atom. The number of anilines is 2. The first-order valence-corrected chi connectivity index (χ1v) is 15.4. The van der Waals surface area contributed by atoms with E-state index in [9.17, 15) is 14.4 Å². The van der Waals surface area contributed by atoms with Gasteiger partial charge in [0.05, 0.1) is 37.4 Å². The van der Waals surface area contributed by atoms with Crippen molar-refractivity contribution >= 4 is 28.2 Å². The fourth-order valence-corrected chi connectivity index (χ4v) is 6.85. The summed E-state index contributed by atoms with van der Waals surface area (Å²) in [5.74, 6) is -0.979. The van der Waals surface area contributed by atoms with Crippen molar-refractivity contribution in [3.8, 4) is 12.1 Å². The number of benzene rings is 2. The number of hydrogen-bond acceptors (Lipinski definition) is 8. The number of ether oxygens (including phenoxy) is 1. The maximum absolute atomic E-state index is 13.8. The van der Waals surface area contributed by atoms with Gasteiger partial charge in [-0.1, -0.05) is 36.9 Å². The van der Waals surface area contributed by atoms with Gasteiger partial charge in [-0.15, -0.1) is 0 Å². The summed E-state index contributed by atoms with van der Waals surface area (Å²) in [6.45, 7) is 9.35. The monoisotopic (exact) mass is 597 g/mol. The van der Waals surface area contributed by atoms with Crippen LogP contribution in [0.4, 0.5) is 15.9 Å². The van der Waals surface area contributed by atoms with Crippen LogP contribution >= 0.6 is 0 Å². The molecule has 6 rings (SSSR count). The van der Waals surface area contributed by atoms with Crippen LogP contribution in [0.3, 0.4) is 0 Å². The molecule has 9 nitrogen and oxygen atoms in total. The van der Waals surface area contributed by atoms with Crippen molar-refractivity contribution in [2.45, 2.75) is 45.2 Å². The number of halogens is 1. The average molecular weight is 598 g/mol. The van der Waals surface area contributed by atoms with E-state index in [-0.39, 0.29) is 18.4 Å². The number of nitrogens with zero attached hydrogens (tertiary/aromatic N) is 7. The van der Waals surface area contributed by atoms with E-state index in [1.165, 1.54) is 26.9 Å². The number of nitriles is 1. The topological polar surface area (TPSA) is 88.8 Å². The van der Waals surface area contributed by atoms with Gasteiger partial charge in [-0.3, -0.25) is 4.79 Å². The average Bonchev–Trinajstić information content (AvgIpc) is 3.77. The Bertz CT molecular complexity index is 1620. The third-order valence-electron chi connectivity index (χ3n) is 9.17. The van der Waals surface area contributed by atoms with E-state index in [1.54, 1.807) is 0 Å². The van der Waals surface area contributed by atoms with E-state index >= 15 is 0 Å². The smallest absolute Gasteiger partial charge is 0.318 e. The lowest BCUT2D eigenvalue weighted by atomic mass is 9.99. The molecule has 1 amide bonds. The van der Waals surface area contributed by atoms with E-state index in [4.69, 9.17) is 14.7 Å². The first-order valence-electron chi connectivity index (χ1n) is 15.4. The molecule has 2 aliphatic heterocycles. The fourth-order valence-electron chi connectivity index (χ4n) is 6.85. The first-order chi connectivity index (χ1) is 21.2. The Balaban J connectivity index is 1.34. The summed E-state index contributed by atoms with van der Waals surface area (Å²) in [5, 5.41) is 12.0. The molecule has 2 fully saturated rings. The van der Waals surface area contributed by atoms with Gasteiger partial charge in [0, 0.05) is 54.8 Å². The third-order valence-corrected chi connectivity index (χ3v) is 9.17. The predicted molar refractivity (Wildman–Crippen MR) is 169 cm³/mol. The SMILES string of the molecule is C=C(F)C(=O)N1CCN(c2nc(OCC3(CN(C)C)CC3)nc3c2CCN(c2cccc4cccc(C)c24)C3)C[C@@H]1CC#N. The normalized spacial score (nSPS) is 19.1. The van der Waals surface area contributed by atoms with Crippen LogP contribution < -0.4 is 14.5 Å². The van der Waals surface area contributed by atoms with Gasteiger partial charge >= 0.3 is 6.01 Å². The maximum Gasteiger partial charge on any atom is 0.318 e. The van der Waals surface area contributed by atoms with Crippen LogP contribution in [0, 0.1) is 23.7 Å². The number of piperazine rings is 1. The Kier molecular flexibility index (Phi) is 8.16. The van der Waals surface area contributed by atoms with Crippen LogP contribution in [0.1, 0.15) is 36.1 Å². The largest absolute Gasteiger partial charge is 0.463 e. The second kappa shape index (κ2) is 12.0. The summed E-state index contributed by atoms with van der Waals surface area (Å²) >= 11 is 0. The van der Waals surface area contributed by atoms with Gasteiger partial charge in [0.25, 0.3) is 5.91 Å². The molecule has 230 valence electrons. The fraction of sp³-hybridized carbons (Fsp3) is 0.471. The summed E-state index contributed by atoms with van der Waals surface area (Å²) in [4.78, 5) is 30.6. The Labute approximate surface area is 258 Å². The molecule has 2 aromatic carbocycles. The van der Waals surface area contributed by atoms with E-state index < -0.39 is 17.8 Å². The molecule has 44 heavy (non-hydrogen) atoms. The number of aromatic nitrogens is 2. The van der Waals surface area contributed by atoms with Crippen molar-refractivity contribution in [3.63, 3.8) is 0 Å². The number of rotatable bonds is 9. The molecule has 10 heteroatoms. The van der Waals surface area contributed by atoms with Crippen molar-refractivity contribution in [3.05, 3.63) is 65.6 Å². The minimum Gasteiger partial charge on any atom is -0.463 e. The van der Waals surface area contributed by atoms with Gasteiger partial charge < -0.3 is 24.3 Å². The standard InChI is InChI=1S/C34H40FN7O2/c1-23-7-5-8-25-9-6-10-29(30(23)25)40-16-12-27-28(20-40)37-33(44-22-34(13-14-34)21-39(3)4)38-31(27)41-17-18-42(32(43)24(2)35)26(19-41)11-15-36/h5-10,26H,2,11-14,16-22H2,1,3-4H3/t26-/m0/s1. The van der Waals surface area contributed by atoms with Gasteiger partial charge in [0.2, 0.25) is 0 Å². The number of hydrogen-bond donors (Lipinski definition) is 0. The van der Waals surface area contributed by atoms with Crippen LogP contribution in [0.25, 0.3) is 10.8 Å². The quantitative estimate of drug-likeness (QED) is 0.330.